The van der Waals surface area contributed by atoms with Crippen LogP contribution in [0.3, 0.4) is 0 Å². The number of likely N-dealkylation sites (tertiary alicyclic amines) is 1. The predicted molar refractivity (Wildman–Crippen MR) is 95.4 cm³/mol. The molecule has 7 heteroatoms. The van der Waals surface area contributed by atoms with Crippen molar-refractivity contribution in [2.24, 2.45) is 7.05 Å². The fourth-order valence-corrected chi connectivity index (χ4v) is 3.38. The summed E-state index contributed by atoms with van der Waals surface area (Å²) in [6, 6.07) is 9.81. The van der Waals surface area contributed by atoms with Crippen molar-refractivity contribution in [2.45, 2.75) is 38.8 Å². The van der Waals surface area contributed by atoms with Crippen LogP contribution < -0.4 is 11.0 Å². The quantitative estimate of drug-likeness (QED) is 0.918. The minimum absolute atomic E-state index is 0.0603. The molecule has 0 saturated carbocycles. The maximum atomic E-state index is 12.5. The fraction of sp³-hybridized carbons (Fsp3) is 0.500. The van der Waals surface area contributed by atoms with Gasteiger partial charge in [0.25, 0.3) is 0 Å². The first-order valence-electron chi connectivity index (χ1n) is 8.80. The highest BCUT2D eigenvalue weighted by Gasteiger charge is 2.28. The van der Waals surface area contributed by atoms with Crippen molar-refractivity contribution in [1.82, 2.24) is 24.6 Å². The molecule has 1 atom stereocenters. The van der Waals surface area contributed by atoms with Crippen molar-refractivity contribution in [3.63, 3.8) is 0 Å². The molecule has 1 saturated heterocycles. The zero-order valence-corrected chi connectivity index (χ0v) is 14.8. The number of aromatic nitrogens is 3. The number of rotatable bonds is 4. The van der Waals surface area contributed by atoms with Crippen LogP contribution in [0.15, 0.2) is 35.1 Å². The van der Waals surface area contributed by atoms with Gasteiger partial charge in [0.2, 0.25) is 0 Å². The number of hydrogen-bond acceptors (Lipinski definition) is 3. The molecule has 7 nitrogen and oxygen atoms in total. The topological polar surface area (TPSA) is 72.2 Å². The molecule has 2 amide bonds. The Morgan fingerprint density at radius 2 is 2.08 bits per heavy atom. The normalized spacial score (nSPS) is 17.5. The highest BCUT2D eigenvalue weighted by atomic mass is 16.2. The van der Waals surface area contributed by atoms with Crippen LogP contribution >= 0.6 is 0 Å². The average Bonchev–Trinajstić information content (AvgIpc) is 2.95. The molecule has 134 valence electrons. The van der Waals surface area contributed by atoms with Crippen LogP contribution in [0.2, 0.25) is 0 Å². The van der Waals surface area contributed by atoms with E-state index < -0.39 is 0 Å². The lowest BCUT2D eigenvalue weighted by molar-refractivity contribution is 0.177. The summed E-state index contributed by atoms with van der Waals surface area (Å²) in [6.07, 6.45) is 1.86. The maximum absolute atomic E-state index is 12.5. The number of piperidine rings is 1. The predicted octanol–water partition coefficient (Wildman–Crippen LogP) is 1.69. The van der Waals surface area contributed by atoms with Crippen LogP contribution in [0.4, 0.5) is 4.79 Å². The van der Waals surface area contributed by atoms with E-state index in [-0.39, 0.29) is 17.6 Å². The van der Waals surface area contributed by atoms with E-state index in [4.69, 9.17) is 0 Å². The van der Waals surface area contributed by atoms with E-state index >= 15 is 0 Å². The lowest BCUT2D eigenvalue weighted by Crippen LogP contribution is -2.45. The van der Waals surface area contributed by atoms with E-state index in [1.165, 1.54) is 4.68 Å². The summed E-state index contributed by atoms with van der Waals surface area (Å²) in [5.41, 5.74) is 0.983. The van der Waals surface area contributed by atoms with Crippen molar-refractivity contribution in [1.29, 1.82) is 0 Å². The zero-order valence-electron chi connectivity index (χ0n) is 14.8. The summed E-state index contributed by atoms with van der Waals surface area (Å²) in [4.78, 5) is 26.4. The highest BCUT2D eigenvalue weighted by Crippen LogP contribution is 2.25. The molecule has 1 unspecified atom stereocenters. The zero-order chi connectivity index (χ0) is 17.8. The number of benzene rings is 1. The van der Waals surface area contributed by atoms with Gasteiger partial charge in [-0.25, -0.2) is 14.3 Å². The second kappa shape index (κ2) is 7.55. The molecule has 0 bridgehead atoms. The number of carbonyl (C=O) groups is 1. The van der Waals surface area contributed by atoms with Gasteiger partial charge in [-0.1, -0.05) is 30.3 Å². The Labute approximate surface area is 147 Å². The molecular formula is C18H25N5O2. The van der Waals surface area contributed by atoms with Gasteiger partial charge in [0.15, 0.2) is 0 Å². The van der Waals surface area contributed by atoms with E-state index in [2.05, 4.69) is 10.4 Å². The van der Waals surface area contributed by atoms with Crippen LogP contribution in [0, 0.1) is 0 Å². The number of carbonyl (C=O) groups excluding carboxylic acids is 1. The van der Waals surface area contributed by atoms with Crippen LogP contribution in [-0.2, 0) is 20.1 Å². The Hall–Kier alpha value is -2.57. The third-order valence-corrected chi connectivity index (χ3v) is 4.71. The van der Waals surface area contributed by atoms with Crippen molar-refractivity contribution in [2.75, 3.05) is 13.1 Å². The Morgan fingerprint density at radius 3 is 2.80 bits per heavy atom. The van der Waals surface area contributed by atoms with Crippen LogP contribution in [0.1, 0.15) is 37.1 Å². The number of aryl methyl sites for hydroxylation is 1. The van der Waals surface area contributed by atoms with Crippen molar-refractivity contribution >= 4 is 6.03 Å². The molecule has 2 aromatic rings. The molecule has 2 heterocycles. The van der Waals surface area contributed by atoms with Gasteiger partial charge in [0, 0.05) is 39.1 Å². The summed E-state index contributed by atoms with van der Waals surface area (Å²) in [5.74, 6) is 0.889. The number of urea groups is 1. The molecule has 0 spiro atoms. The summed E-state index contributed by atoms with van der Waals surface area (Å²) < 4.78 is 3.09. The largest absolute Gasteiger partial charge is 0.345 e. The van der Waals surface area contributed by atoms with Gasteiger partial charge < -0.3 is 10.2 Å². The van der Waals surface area contributed by atoms with Gasteiger partial charge in [-0.15, -0.1) is 0 Å². The first-order chi connectivity index (χ1) is 12.1. The number of nitrogens with zero attached hydrogens (tertiary/aromatic N) is 4. The SMILES string of the molecule is CCn1c(C2CCCN(C(=O)NCc3ccccc3)C2)nn(C)c1=O. The molecule has 0 radical (unpaired) electrons. The molecule has 1 aliphatic rings. The van der Waals surface area contributed by atoms with Gasteiger partial charge in [-0.05, 0) is 25.3 Å². The number of nitrogens with one attached hydrogen (secondary N) is 1. The number of hydrogen-bond donors (Lipinski definition) is 1. The second-order valence-corrected chi connectivity index (χ2v) is 6.44. The molecule has 3 rings (SSSR count). The average molecular weight is 343 g/mol. The van der Waals surface area contributed by atoms with Gasteiger partial charge in [0.05, 0.1) is 0 Å². The van der Waals surface area contributed by atoms with Crippen LogP contribution in [0.25, 0.3) is 0 Å². The van der Waals surface area contributed by atoms with E-state index in [0.717, 1.165) is 30.8 Å². The Bertz CT molecular complexity index is 781. The van der Waals surface area contributed by atoms with E-state index in [1.807, 2.05) is 42.2 Å². The minimum atomic E-state index is -0.0943. The monoisotopic (exact) mass is 343 g/mol. The molecule has 1 fully saturated rings. The molecular weight excluding hydrogens is 318 g/mol. The minimum Gasteiger partial charge on any atom is -0.334 e. The van der Waals surface area contributed by atoms with Gasteiger partial charge in [-0.3, -0.25) is 4.57 Å². The summed E-state index contributed by atoms with van der Waals surface area (Å²) in [7, 11) is 1.67. The Morgan fingerprint density at radius 1 is 1.32 bits per heavy atom. The van der Waals surface area contributed by atoms with Gasteiger partial charge in [0.1, 0.15) is 5.82 Å². The molecule has 0 aliphatic carbocycles. The Balaban J connectivity index is 1.66. The molecule has 1 aliphatic heterocycles. The summed E-state index contributed by atoms with van der Waals surface area (Å²) in [6.45, 7) is 4.39. The van der Waals surface area contributed by atoms with Gasteiger partial charge in [-0.2, -0.15) is 5.10 Å². The third-order valence-electron chi connectivity index (χ3n) is 4.71. The highest BCUT2D eigenvalue weighted by molar-refractivity contribution is 5.74. The lowest BCUT2D eigenvalue weighted by Gasteiger charge is -2.32. The standard InChI is InChI=1S/C18H25N5O2/c1-3-23-16(20-21(2)18(23)25)15-10-7-11-22(13-15)17(24)19-12-14-8-5-4-6-9-14/h4-6,8-9,15H,3,7,10-13H2,1-2H3,(H,19,24). The van der Waals surface area contributed by atoms with Crippen LogP contribution in [0.5, 0.6) is 0 Å². The molecule has 1 aromatic heterocycles. The smallest absolute Gasteiger partial charge is 0.334 e. The van der Waals surface area contributed by atoms with Crippen molar-refractivity contribution in [3.8, 4) is 0 Å². The number of amides is 2. The first kappa shape index (κ1) is 17.3. The molecule has 1 aromatic carbocycles. The second-order valence-electron chi connectivity index (χ2n) is 6.44. The lowest BCUT2D eigenvalue weighted by atomic mass is 9.97. The van der Waals surface area contributed by atoms with Crippen LogP contribution in [-0.4, -0.2) is 38.4 Å². The first-order valence-corrected chi connectivity index (χ1v) is 8.80. The Kier molecular flexibility index (Phi) is 5.21. The van der Waals surface area contributed by atoms with E-state index in [9.17, 15) is 9.59 Å². The molecule has 25 heavy (non-hydrogen) atoms. The maximum Gasteiger partial charge on any atom is 0.345 e. The third kappa shape index (κ3) is 3.75. The fourth-order valence-electron chi connectivity index (χ4n) is 3.38. The molecule has 1 N–H and O–H groups in total. The van der Waals surface area contributed by atoms with E-state index in [1.54, 1.807) is 11.6 Å². The van der Waals surface area contributed by atoms with Crippen molar-refractivity contribution in [3.05, 3.63) is 52.2 Å². The van der Waals surface area contributed by atoms with Crippen molar-refractivity contribution < 1.29 is 4.79 Å². The van der Waals surface area contributed by atoms with Gasteiger partial charge >= 0.3 is 11.7 Å². The summed E-state index contributed by atoms with van der Waals surface area (Å²) in [5, 5.41) is 7.38. The van der Waals surface area contributed by atoms with E-state index in [0.29, 0.717) is 19.6 Å². The summed E-state index contributed by atoms with van der Waals surface area (Å²) >= 11 is 0.